The fraction of sp³-hybridized carbons (Fsp3) is 0.692. The number of hydrogen-bond donors (Lipinski definition) is 1. The van der Waals surface area contributed by atoms with E-state index in [1.807, 2.05) is 13.8 Å². The third-order valence-corrected chi connectivity index (χ3v) is 3.01. The molecule has 1 N–H and O–H groups in total. The second kappa shape index (κ2) is 7.72. The SMILES string of the molecule is COCCNC(=O)C(C)n1nnc(C(=O)OC)c1C(C)C. The summed E-state index contributed by atoms with van der Waals surface area (Å²) in [5.41, 5.74) is 0.722. The number of carbonyl (C=O) groups excluding carboxylic acids is 2. The van der Waals surface area contributed by atoms with Crippen LogP contribution in [0.1, 0.15) is 48.9 Å². The number of hydrogen-bond acceptors (Lipinski definition) is 6. The Labute approximate surface area is 123 Å². The van der Waals surface area contributed by atoms with Crippen molar-refractivity contribution in [1.29, 1.82) is 0 Å². The van der Waals surface area contributed by atoms with E-state index in [0.717, 1.165) is 0 Å². The zero-order valence-corrected chi connectivity index (χ0v) is 13.0. The van der Waals surface area contributed by atoms with Crippen LogP contribution >= 0.6 is 0 Å². The first-order valence-corrected chi connectivity index (χ1v) is 6.74. The molecule has 1 aromatic rings. The number of esters is 1. The molecule has 0 spiro atoms. The van der Waals surface area contributed by atoms with Crippen LogP contribution in [-0.2, 0) is 14.3 Å². The molecule has 0 bridgehead atoms. The smallest absolute Gasteiger partial charge is 0.360 e. The highest BCUT2D eigenvalue weighted by Gasteiger charge is 2.27. The molecule has 0 aliphatic heterocycles. The summed E-state index contributed by atoms with van der Waals surface area (Å²) < 4.78 is 11.0. The van der Waals surface area contributed by atoms with Crippen LogP contribution in [0.4, 0.5) is 0 Å². The summed E-state index contributed by atoms with van der Waals surface area (Å²) in [6.07, 6.45) is 0. The van der Waals surface area contributed by atoms with E-state index in [-0.39, 0.29) is 17.5 Å². The lowest BCUT2D eigenvalue weighted by atomic mass is 10.1. The standard InChI is InChI=1S/C13H22N4O4/c1-8(2)11-10(13(19)21-5)15-16-17(11)9(3)12(18)14-6-7-20-4/h8-9H,6-7H2,1-5H3,(H,14,18). The summed E-state index contributed by atoms with van der Waals surface area (Å²) in [6.45, 7) is 6.34. The van der Waals surface area contributed by atoms with Crippen molar-refractivity contribution in [3.63, 3.8) is 0 Å². The number of nitrogens with one attached hydrogen (secondary N) is 1. The highest BCUT2D eigenvalue weighted by molar-refractivity contribution is 5.88. The lowest BCUT2D eigenvalue weighted by Gasteiger charge is -2.16. The minimum atomic E-state index is -0.579. The third kappa shape index (κ3) is 4.01. The van der Waals surface area contributed by atoms with Crippen molar-refractivity contribution < 1.29 is 19.1 Å². The Morgan fingerprint density at radius 1 is 1.29 bits per heavy atom. The van der Waals surface area contributed by atoms with E-state index in [1.54, 1.807) is 14.0 Å². The summed E-state index contributed by atoms with van der Waals surface area (Å²) in [7, 11) is 2.85. The van der Waals surface area contributed by atoms with Crippen LogP contribution in [0, 0.1) is 0 Å². The number of nitrogens with zero attached hydrogens (tertiary/aromatic N) is 3. The molecule has 21 heavy (non-hydrogen) atoms. The Bertz CT molecular complexity index is 498. The number of methoxy groups -OCH3 is 2. The minimum absolute atomic E-state index is 0.0247. The fourth-order valence-electron chi connectivity index (χ4n) is 1.90. The molecule has 1 amide bonds. The molecule has 0 aliphatic rings. The Hall–Kier alpha value is -1.96. The van der Waals surface area contributed by atoms with Gasteiger partial charge in [-0.2, -0.15) is 0 Å². The molecule has 0 aromatic carbocycles. The number of rotatable bonds is 7. The van der Waals surface area contributed by atoms with Crippen molar-refractivity contribution in [2.24, 2.45) is 0 Å². The summed E-state index contributed by atoms with van der Waals surface area (Å²) >= 11 is 0. The average molecular weight is 298 g/mol. The topological polar surface area (TPSA) is 95.3 Å². The first-order valence-electron chi connectivity index (χ1n) is 6.74. The van der Waals surface area contributed by atoms with Crippen LogP contribution in [-0.4, -0.2) is 54.2 Å². The average Bonchev–Trinajstić information content (AvgIpc) is 2.90. The second-order valence-electron chi connectivity index (χ2n) is 4.87. The van der Waals surface area contributed by atoms with Gasteiger partial charge in [-0.15, -0.1) is 5.10 Å². The summed E-state index contributed by atoms with van der Waals surface area (Å²) in [5, 5.41) is 10.5. The molecule has 0 fully saturated rings. The summed E-state index contributed by atoms with van der Waals surface area (Å²) in [6, 6.07) is -0.579. The maximum Gasteiger partial charge on any atom is 0.360 e. The summed E-state index contributed by atoms with van der Waals surface area (Å²) in [5.74, 6) is -0.796. The van der Waals surface area contributed by atoms with E-state index in [1.165, 1.54) is 11.8 Å². The first-order chi connectivity index (χ1) is 9.93. The van der Waals surface area contributed by atoms with Crippen LogP contribution in [0.15, 0.2) is 0 Å². The molecule has 0 radical (unpaired) electrons. The van der Waals surface area contributed by atoms with Gasteiger partial charge in [-0.1, -0.05) is 19.1 Å². The zero-order valence-electron chi connectivity index (χ0n) is 13.0. The molecule has 0 aliphatic carbocycles. The van der Waals surface area contributed by atoms with Crippen molar-refractivity contribution in [2.45, 2.75) is 32.7 Å². The van der Waals surface area contributed by atoms with E-state index in [9.17, 15) is 9.59 Å². The highest BCUT2D eigenvalue weighted by atomic mass is 16.5. The van der Waals surface area contributed by atoms with Crippen LogP contribution in [0.2, 0.25) is 0 Å². The second-order valence-corrected chi connectivity index (χ2v) is 4.87. The highest BCUT2D eigenvalue weighted by Crippen LogP contribution is 2.21. The normalized spacial score (nSPS) is 12.3. The Morgan fingerprint density at radius 2 is 1.95 bits per heavy atom. The van der Waals surface area contributed by atoms with Gasteiger partial charge in [0.25, 0.3) is 0 Å². The van der Waals surface area contributed by atoms with Crippen LogP contribution in [0.5, 0.6) is 0 Å². The molecule has 0 saturated heterocycles. The van der Waals surface area contributed by atoms with E-state index < -0.39 is 12.0 Å². The molecule has 8 heteroatoms. The van der Waals surface area contributed by atoms with Gasteiger partial charge in [0.05, 0.1) is 19.4 Å². The number of carbonyl (C=O) groups is 2. The Kier molecular flexibility index (Phi) is 6.29. The van der Waals surface area contributed by atoms with E-state index in [0.29, 0.717) is 18.8 Å². The Balaban J connectivity index is 2.99. The van der Waals surface area contributed by atoms with Gasteiger partial charge in [0.2, 0.25) is 5.91 Å². The van der Waals surface area contributed by atoms with Crippen LogP contribution in [0.3, 0.4) is 0 Å². The van der Waals surface area contributed by atoms with Gasteiger partial charge in [0, 0.05) is 13.7 Å². The molecule has 1 aromatic heterocycles. The number of ether oxygens (including phenoxy) is 2. The van der Waals surface area contributed by atoms with Crippen LogP contribution < -0.4 is 5.32 Å². The number of aromatic nitrogens is 3. The quantitative estimate of drug-likeness (QED) is 0.582. The molecule has 1 atom stereocenters. The predicted octanol–water partition coefficient (Wildman–Crippen LogP) is 0.512. The van der Waals surface area contributed by atoms with E-state index in [4.69, 9.17) is 4.74 Å². The molecular formula is C13H22N4O4. The van der Waals surface area contributed by atoms with Crippen molar-refractivity contribution >= 4 is 11.9 Å². The monoisotopic (exact) mass is 298 g/mol. The molecule has 1 unspecified atom stereocenters. The Morgan fingerprint density at radius 3 is 2.48 bits per heavy atom. The van der Waals surface area contributed by atoms with Gasteiger partial charge >= 0.3 is 5.97 Å². The van der Waals surface area contributed by atoms with Gasteiger partial charge < -0.3 is 14.8 Å². The fourth-order valence-corrected chi connectivity index (χ4v) is 1.90. The first kappa shape index (κ1) is 17.1. The third-order valence-electron chi connectivity index (χ3n) is 3.01. The maximum absolute atomic E-state index is 12.1. The molecule has 0 saturated carbocycles. The van der Waals surface area contributed by atoms with Gasteiger partial charge in [-0.05, 0) is 12.8 Å². The van der Waals surface area contributed by atoms with Gasteiger partial charge in [-0.25, -0.2) is 9.48 Å². The van der Waals surface area contributed by atoms with Gasteiger partial charge in [-0.3, -0.25) is 4.79 Å². The lowest BCUT2D eigenvalue weighted by molar-refractivity contribution is -0.124. The molecule has 118 valence electrons. The molecular weight excluding hydrogens is 276 g/mol. The number of amides is 1. The zero-order chi connectivity index (χ0) is 16.0. The largest absolute Gasteiger partial charge is 0.464 e. The van der Waals surface area contributed by atoms with Gasteiger partial charge in [0.15, 0.2) is 5.69 Å². The molecule has 1 heterocycles. The minimum Gasteiger partial charge on any atom is -0.464 e. The molecule has 8 nitrogen and oxygen atoms in total. The van der Waals surface area contributed by atoms with E-state index >= 15 is 0 Å². The summed E-state index contributed by atoms with van der Waals surface area (Å²) in [4.78, 5) is 23.8. The van der Waals surface area contributed by atoms with Crippen molar-refractivity contribution in [1.82, 2.24) is 20.3 Å². The van der Waals surface area contributed by atoms with E-state index in [2.05, 4.69) is 20.4 Å². The van der Waals surface area contributed by atoms with Crippen molar-refractivity contribution in [3.05, 3.63) is 11.4 Å². The maximum atomic E-state index is 12.1. The predicted molar refractivity (Wildman–Crippen MR) is 75.0 cm³/mol. The van der Waals surface area contributed by atoms with Gasteiger partial charge in [0.1, 0.15) is 6.04 Å². The van der Waals surface area contributed by atoms with Crippen molar-refractivity contribution in [2.75, 3.05) is 27.4 Å². The lowest BCUT2D eigenvalue weighted by Crippen LogP contribution is -2.34. The molecule has 1 rings (SSSR count). The van der Waals surface area contributed by atoms with Crippen LogP contribution in [0.25, 0.3) is 0 Å². The van der Waals surface area contributed by atoms with Crippen molar-refractivity contribution in [3.8, 4) is 0 Å².